The van der Waals surface area contributed by atoms with Crippen LogP contribution in [-0.4, -0.2) is 54.4 Å². The van der Waals surface area contributed by atoms with Crippen LogP contribution < -0.4 is 10.7 Å². The molecule has 2 amide bonds. The molecule has 3 aromatic rings. The molecule has 0 spiro atoms. The maximum atomic E-state index is 12.4. The predicted octanol–water partition coefficient (Wildman–Crippen LogP) is 3.06. The third-order valence-electron chi connectivity index (χ3n) is 5.89. The Bertz CT molecular complexity index is 1030. The number of rotatable bonds is 7. The molecular weight excluding hydrogens is 416 g/mol. The van der Waals surface area contributed by atoms with Crippen molar-refractivity contribution in [1.29, 1.82) is 0 Å². The van der Waals surface area contributed by atoms with Gasteiger partial charge in [0.25, 0.3) is 11.8 Å². The fraction of sp³-hybridized carbons (Fsp3) is 0.308. The number of benzene rings is 2. The number of nitrogens with zero attached hydrogens (tertiary/aromatic N) is 2. The number of furan rings is 1. The Morgan fingerprint density at radius 3 is 2.00 bits per heavy atom. The van der Waals surface area contributed by atoms with Gasteiger partial charge in [-0.05, 0) is 31.0 Å². The van der Waals surface area contributed by atoms with Crippen molar-refractivity contribution in [3.8, 4) is 0 Å². The molecule has 1 aliphatic rings. The maximum Gasteiger partial charge on any atom is 0.255 e. The Labute approximate surface area is 194 Å². The number of hydrazine groups is 1. The normalized spacial score (nSPS) is 14.9. The number of amides is 2. The van der Waals surface area contributed by atoms with Crippen LogP contribution in [0.15, 0.2) is 71.1 Å². The van der Waals surface area contributed by atoms with E-state index in [4.69, 9.17) is 4.42 Å². The number of aryl methyl sites for hydroxylation is 2. The molecule has 2 heterocycles. The van der Waals surface area contributed by atoms with E-state index in [1.165, 1.54) is 11.1 Å². The number of piperazine rings is 1. The van der Waals surface area contributed by atoms with Crippen molar-refractivity contribution in [3.05, 3.63) is 94.9 Å². The summed E-state index contributed by atoms with van der Waals surface area (Å²) in [5.74, 6) is 0.674. The zero-order valence-electron chi connectivity index (χ0n) is 19.1. The Kier molecular flexibility index (Phi) is 7.22. The van der Waals surface area contributed by atoms with E-state index in [9.17, 15) is 9.59 Å². The van der Waals surface area contributed by atoms with Gasteiger partial charge in [0, 0.05) is 26.2 Å². The first-order valence-corrected chi connectivity index (χ1v) is 11.2. The van der Waals surface area contributed by atoms with Crippen LogP contribution in [0.5, 0.6) is 0 Å². The highest BCUT2D eigenvalue weighted by Gasteiger charge is 2.27. The lowest BCUT2D eigenvalue weighted by atomic mass is 9.96. The van der Waals surface area contributed by atoms with Crippen LogP contribution in [0.3, 0.4) is 0 Å². The van der Waals surface area contributed by atoms with Gasteiger partial charge in [-0.15, -0.1) is 0 Å². The molecule has 7 nitrogen and oxygen atoms in total. The van der Waals surface area contributed by atoms with Gasteiger partial charge in [0.05, 0.1) is 18.2 Å². The largest absolute Gasteiger partial charge is 0.466 e. The molecule has 7 heteroatoms. The second-order valence-electron chi connectivity index (χ2n) is 8.29. The molecular formula is C26H30N4O3. The summed E-state index contributed by atoms with van der Waals surface area (Å²) in [4.78, 5) is 27.1. The summed E-state index contributed by atoms with van der Waals surface area (Å²) >= 11 is 0. The minimum atomic E-state index is -0.308. The molecule has 0 radical (unpaired) electrons. The minimum Gasteiger partial charge on any atom is -0.466 e. The fourth-order valence-electron chi connectivity index (χ4n) is 4.30. The van der Waals surface area contributed by atoms with Crippen molar-refractivity contribution < 1.29 is 14.0 Å². The number of carbonyl (C=O) groups excluding carboxylic acids is 2. The van der Waals surface area contributed by atoms with Gasteiger partial charge in [-0.3, -0.25) is 19.9 Å². The summed E-state index contributed by atoms with van der Waals surface area (Å²) in [6.45, 7) is 6.48. The molecule has 172 valence electrons. The summed E-state index contributed by atoms with van der Waals surface area (Å²) in [7, 11) is 0. The van der Waals surface area contributed by atoms with E-state index < -0.39 is 0 Å². The zero-order valence-corrected chi connectivity index (χ0v) is 19.1. The Morgan fingerprint density at radius 1 is 0.909 bits per heavy atom. The van der Waals surface area contributed by atoms with Crippen LogP contribution in [0.2, 0.25) is 0 Å². The van der Waals surface area contributed by atoms with Gasteiger partial charge >= 0.3 is 0 Å². The molecule has 2 N–H and O–H groups in total. The quantitative estimate of drug-likeness (QED) is 0.583. The predicted molar refractivity (Wildman–Crippen MR) is 127 cm³/mol. The van der Waals surface area contributed by atoms with Gasteiger partial charge in [-0.25, -0.2) is 5.01 Å². The minimum absolute atomic E-state index is 0.0840. The molecule has 0 atom stereocenters. The maximum absolute atomic E-state index is 12.4. The van der Waals surface area contributed by atoms with E-state index in [2.05, 4.69) is 64.2 Å². The topological polar surface area (TPSA) is 77.8 Å². The smallest absolute Gasteiger partial charge is 0.255 e. The Hall–Kier alpha value is -3.42. The number of carbonyl (C=O) groups is 2. The molecule has 1 aromatic heterocycles. The first kappa shape index (κ1) is 22.8. The SMILES string of the molecule is Cc1cc(C(=O)NCC(=O)NN2CCN(C(c3ccccc3)c3ccccc3)CC2)c(C)o1. The third-order valence-corrected chi connectivity index (χ3v) is 5.89. The average Bonchev–Trinajstić information content (AvgIpc) is 3.18. The van der Waals surface area contributed by atoms with E-state index in [0.717, 1.165) is 13.1 Å². The zero-order chi connectivity index (χ0) is 23.2. The van der Waals surface area contributed by atoms with Gasteiger partial charge < -0.3 is 9.73 Å². The number of nitrogens with one attached hydrogen (secondary N) is 2. The molecule has 1 aliphatic heterocycles. The molecule has 1 saturated heterocycles. The fourth-order valence-corrected chi connectivity index (χ4v) is 4.30. The summed E-state index contributed by atoms with van der Waals surface area (Å²) in [5, 5.41) is 4.59. The average molecular weight is 447 g/mol. The van der Waals surface area contributed by atoms with Crippen LogP contribution >= 0.6 is 0 Å². The van der Waals surface area contributed by atoms with Gasteiger partial charge in [0.2, 0.25) is 0 Å². The van der Waals surface area contributed by atoms with E-state index in [1.54, 1.807) is 19.9 Å². The second-order valence-corrected chi connectivity index (χ2v) is 8.29. The van der Waals surface area contributed by atoms with Crippen molar-refractivity contribution in [2.75, 3.05) is 32.7 Å². The van der Waals surface area contributed by atoms with E-state index in [0.29, 0.717) is 30.2 Å². The van der Waals surface area contributed by atoms with Crippen LogP contribution in [0.1, 0.15) is 39.0 Å². The highest BCUT2D eigenvalue weighted by Crippen LogP contribution is 2.29. The van der Waals surface area contributed by atoms with Gasteiger partial charge in [0.1, 0.15) is 11.5 Å². The Balaban J connectivity index is 1.31. The van der Waals surface area contributed by atoms with Crippen molar-refractivity contribution in [1.82, 2.24) is 20.7 Å². The van der Waals surface area contributed by atoms with Crippen molar-refractivity contribution in [2.45, 2.75) is 19.9 Å². The molecule has 33 heavy (non-hydrogen) atoms. The van der Waals surface area contributed by atoms with E-state index in [-0.39, 0.29) is 24.4 Å². The lowest BCUT2D eigenvalue weighted by molar-refractivity contribution is -0.125. The van der Waals surface area contributed by atoms with Crippen LogP contribution in [-0.2, 0) is 4.79 Å². The molecule has 0 unspecified atom stereocenters. The second kappa shape index (κ2) is 10.5. The molecule has 0 bridgehead atoms. The lowest BCUT2D eigenvalue weighted by Crippen LogP contribution is -2.55. The molecule has 4 rings (SSSR count). The first-order chi connectivity index (χ1) is 16.0. The van der Waals surface area contributed by atoms with E-state index >= 15 is 0 Å². The van der Waals surface area contributed by atoms with Crippen molar-refractivity contribution >= 4 is 11.8 Å². The summed E-state index contributed by atoms with van der Waals surface area (Å²) in [5.41, 5.74) is 5.89. The monoisotopic (exact) mass is 446 g/mol. The first-order valence-electron chi connectivity index (χ1n) is 11.2. The van der Waals surface area contributed by atoms with Gasteiger partial charge in [-0.2, -0.15) is 0 Å². The van der Waals surface area contributed by atoms with Crippen LogP contribution in [0.25, 0.3) is 0 Å². The van der Waals surface area contributed by atoms with Crippen LogP contribution in [0, 0.1) is 13.8 Å². The molecule has 1 fully saturated rings. The lowest BCUT2D eigenvalue weighted by Gasteiger charge is -2.39. The Morgan fingerprint density at radius 2 is 1.48 bits per heavy atom. The van der Waals surface area contributed by atoms with Crippen molar-refractivity contribution in [2.24, 2.45) is 0 Å². The third kappa shape index (κ3) is 5.69. The summed E-state index contributed by atoms with van der Waals surface area (Å²) in [6, 6.07) is 22.9. The van der Waals surface area contributed by atoms with Crippen molar-refractivity contribution in [3.63, 3.8) is 0 Å². The molecule has 2 aromatic carbocycles. The summed E-state index contributed by atoms with van der Waals surface area (Å²) in [6.07, 6.45) is 0. The molecule has 0 saturated carbocycles. The van der Waals surface area contributed by atoms with E-state index in [1.807, 2.05) is 17.1 Å². The summed E-state index contributed by atoms with van der Waals surface area (Å²) < 4.78 is 5.38. The standard InChI is InChI=1S/C26H30N4O3/c1-19-17-23(20(2)33-19)26(32)27-18-24(31)28-30-15-13-29(14-16-30)25(21-9-5-3-6-10-21)22-11-7-4-8-12-22/h3-12,17,25H,13-16,18H2,1-2H3,(H,27,32)(H,28,31). The number of hydrogen-bond acceptors (Lipinski definition) is 5. The molecule has 0 aliphatic carbocycles. The highest BCUT2D eigenvalue weighted by atomic mass is 16.3. The number of hydrogen-bond donors (Lipinski definition) is 2. The van der Waals surface area contributed by atoms with Crippen LogP contribution in [0.4, 0.5) is 0 Å². The highest BCUT2D eigenvalue weighted by molar-refractivity contribution is 5.97. The van der Waals surface area contributed by atoms with Gasteiger partial charge in [0.15, 0.2) is 0 Å². The van der Waals surface area contributed by atoms with Gasteiger partial charge in [-0.1, -0.05) is 60.7 Å².